The molecule has 1 saturated carbocycles. The maximum atomic E-state index is 15.0. The topological polar surface area (TPSA) is 77.5 Å². The zero-order valence-electron chi connectivity index (χ0n) is 27.0. The van der Waals surface area contributed by atoms with Crippen LogP contribution in [0.5, 0.6) is 5.75 Å². The Labute approximate surface area is 279 Å². The third-order valence-electron chi connectivity index (χ3n) is 10.4. The van der Waals surface area contributed by atoms with Crippen molar-refractivity contribution in [1.29, 1.82) is 0 Å². The van der Waals surface area contributed by atoms with E-state index in [-0.39, 0.29) is 34.3 Å². The molecule has 5 aliphatic rings. The fraction of sp³-hybridized carbons (Fsp3) is 0.514. The van der Waals surface area contributed by atoms with E-state index >= 15 is 4.39 Å². The van der Waals surface area contributed by atoms with Crippen molar-refractivity contribution in [3.8, 4) is 5.75 Å². The molecule has 3 fully saturated rings. The quantitative estimate of drug-likeness (QED) is 0.404. The number of hydrogen-bond donors (Lipinski definition) is 1. The molecule has 4 atom stereocenters. The average Bonchev–Trinajstić information content (AvgIpc) is 3.36. The van der Waals surface area contributed by atoms with Crippen molar-refractivity contribution in [2.75, 3.05) is 26.7 Å². The van der Waals surface area contributed by atoms with Crippen LogP contribution in [0.25, 0.3) is 0 Å². The molecular weight excluding hydrogens is 625 g/mol. The fourth-order valence-electron chi connectivity index (χ4n) is 7.77. The van der Waals surface area contributed by atoms with Crippen LogP contribution in [-0.4, -0.2) is 76.0 Å². The molecule has 2 aromatic rings. The van der Waals surface area contributed by atoms with E-state index in [2.05, 4.69) is 31.0 Å². The summed E-state index contributed by atoms with van der Waals surface area (Å²) < 4.78 is 20.4. The minimum absolute atomic E-state index is 0.0491. The van der Waals surface area contributed by atoms with E-state index in [1.54, 1.807) is 13.2 Å². The minimum Gasteiger partial charge on any atom is -0.497 e. The molecular formula is C35H41ClFN5O3S. The number of aliphatic imine (C=N–C) groups is 1. The van der Waals surface area contributed by atoms with Crippen molar-refractivity contribution in [2.24, 2.45) is 10.9 Å². The van der Waals surface area contributed by atoms with Gasteiger partial charge >= 0.3 is 0 Å². The smallest absolute Gasteiger partial charge is 0.263 e. The summed E-state index contributed by atoms with van der Waals surface area (Å²) >= 11 is 7.50. The summed E-state index contributed by atoms with van der Waals surface area (Å²) in [5, 5.41) is 4.33. The Morgan fingerprint density at radius 2 is 1.89 bits per heavy atom. The number of allylic oxidation sites excluding steroid dienone is 1. The van der Waals surface area contributed by atoms with Gasteiger partial charge in [-0.25, -0.2) is 9.38 Å². The van der Waals surface area contributed by atoms with Crippen molar-refractivity contribution in [2.45, 2.75) is 82.6 Å². The second-order valence-electron chi connectivity index (χ2n) is 13.8. The highest BCUT2D eigenvalue weighted by molar-refractivity contribution is 8.18. The number of fused-ring (bicyclic) bond motifs is 1. The summed E-state index contributed by atoms with van der Waals surface area (Å²) in [7, 11) is 1.63. The number of methoxy groups -OCH3 is 1. The zero-order chi connectivity index (χ0) is 32.5. The number of nitrogens with zero attached hydrogens (tertiary/aromatic N) is 4. The number of benzene rings is 2. The largest absolute Gasteiger partial charge is 0.497 e. The number of likely N-dealkylation sites (tertiary alicyclic amines) is 1. The van der Waals surface area contributed by atoms with Crippen LogP contribution in [0.4, 0.5) is 4.39 Å². The Balaban J connectivity index is 1.27. The van der Waals surface area contributed by atoms with Gasteiger partial charge in [-0.05, 0) is 92.6 Å². The number of amidine groups is 1. The molecule has 4 aliphatic heterocycles. The van der Waals surface area contributed by atoms with E-state index in [9.17, 15) is 9.59 Å². The van der Waals surface area contributed by atoms with Crippen LogP contribution >= 0.6 is 23.4 Å². The summed E-state index contributed by atoms with van der Waals surface area (Å²) in [6.07, 6.45) is 3.62. The zero-order valence-corrected chi connectivity index (χ0v) is 28.6. The predicted molar refractivity (Wildman–Crippen MR) is 179 cm³/mol. The molecule has 2 aromatic carbocycles. The number of nitrogens with one attached hydrogen (secondary N) is 1. The van der Waals surface area contributed by atoms with Crippen LogP contribution in [0, 0.1) is 11.7 Å². The summed E-state index contributed by atoms with van der Waals surface area (Å²) in [6.45, 7) is 10.4. The van der Waals surface area contributed by atoms with Crippen molar-refractivity contribution >= 4 is 40.3 Å². The molecule has 0 radical (unpaired) electrons. The van der Waals surface area contributed by atoms with E-state index < -0.39 is 23.4 Å². The van der Waals surface area contributed by atoms with Gasteiger partial charge in [-0.15, -0.1) is 0 Å². The number of rotatable bonds is 6. The Kier molecular flexibility index (Phi) is 7.92. The maximum Gasteiger partial charge on any atom is 0.263 e. The molecule has 0 aromatic heterocycles. The van der Waals surface area contributed by atoms with Crippen LogP contribution in [0.3, 0.4) is 0 Å². The highest BCUT2D eigenvalue weighted by atomic mass is 35.5. The maximum absolute atomic E-state index is 15.0. The lowest BCUT2D eigenvalue weighted by atomic mass is 9.81. The number of carbonyl (C=O) groups excluding carboxylic acids is 2. The molecule has 0 unspecified atom stereocenters. The normalized spacial score (nSPS) is 28.3. The van der Waals surface area contributed by atoms with Crippen molar-refractivity contribution < 1.29 is 18.7 Å². The van der Waals surface area contributed by atoms with Crippen molar-refractivity contribution in [3.05, 3.63) is 75.0 Å². The van der Waals surface area contributed by atoms with Gasteiger partial charge in [-0.1, -0.05) is 43.6 Å². The van der Waals surface area contributed by atoms with Crippen LogP contribution in [0.15, 0.2) is 58.1 Å². The number of ether oxygens (including phenoxy) is 1. The third-order valence-corrected chi connectivity index (χ3v) is 11.8. The first-order valence-corrected chi connectivity index (χ1v) is 17.4. The summed E-state index contributed by atoms with van der Waals surface area (Å²) in [5.74, 6) is 0.106. The number of thioether (sulfide) groups is 1. The fourth-order valence-corrected chi connectivity index (χ4v) is 9.24. The molecule has 0 bridgehead atoms. The van der Waals surface area contributed by atoms with Gasteiger partial charge in [0.25, 0.3) is 5.91 Å². The van der Waals surface area contributed by atoms with E-state index in [0.29, 0.717) is 35.1 Å². The molecule has 1 N–H and O–H groups in total. The van der Waals surface area contributed by atoms with E-state index in [0.717, 1.165) is 42.8 Å². The highest BCUT2D eigenvalue weighted by Gasteiger charge is 2.55. The second-order valence-corrected chi connectivity index (χ2v) is 15.2. The SMILES string of the molecule is COc1ccc([C@]2(C)N=C3SC(C(=O)N4[C@H](C)CC[C@H]4C(=O)N4CCNC5(CC5)C4)=C(C(C)C)N3[C@@H]2c2ccc(Cl)c(F)c2)cc1. The first kappa shape index (κ1) is 31.5. The lowest BCUT2D eigenvalue weighted by Crippen LogP contribution is -2.58. The lowest BCUT2D eigenvalue weighted by molar-refractivity contribution is -0.144. The Morgan fingerprint density at radius 3 is 2.54 bits per heavy atom. The number of amides is 2. The van der Waals surface area contributed by atoms with Crippen LogP contribution in [0.1, 0.15) is 70.5 Å². The van der Waals surface area contributed by atoms with Crippen LogP contribution in [-0.2, 0) is 15.1 Å². The standard InChI is InChI=1S/C35H41ClFN5O3S/c1-20(2)28-29(32(44)41-21(3)6-13-27(41)31(43)40-17-16-38-35(19-40)14-15-35)46-33-39-34(4,23-8-10-24(45-5)11-9-23)30(42(28)33)22-7-12-25(36)26(37)18-22/h7-12,18,20-21,27,30,38H,6,13-17,19H2,1-5H3/t21-,27+,30-,34+/m1/s1. The molecule has 244 valence electrons. The number of carbonyl (C=O) groups is 2. The van der Waals surface area contributed by atoms with Crippen molar-refractivity contribution in [1.82, 2.24) is 20.0 Å². The molecule has 1 aliphatic carbocycles. The number of hydrogen-bond acceptors (Lipinski definition) is 7. The second kappa shape index (κ2) is 11.6. The summed E-state index contributed by atoms with van der Waals surface area (Å²) in [4.78, 5) is 40.5. The van der Waals surface area contributed by atoms with E-state index in [4.69, 9.17) is 21.3 Å². The van der Waals surface area contributed by atoms with Gasteiger partial charge in [-0.2, -0.15) is 0 Å². The molecule has 7 rings (SSSR count). The molecule has 8 nitrogen and oxygen atoms in total. The number of piperazine rings is 1. The molecule has 11 heteroatoms. The molecule has 46 heavy (non-hydrogen) atoms. The van der Waals surface area contributed by atoms with E-state index in [1.807, 2.05) is 47.1 Å². The summed E-state index contributed by atoms with van der Waals surface area (Å²) in [6, 6.07) is 11.7. The van der Waals surface area contributed by atoms with Crippen LogP contribution in [0.2, 0.25) is 5.02 Å². The summed E-state index contributed by atoms with van der Waals surface area (Å²) in [5.41, 5.74) is 1.76. The first-order valence-electron chi connectivity index (χ1n) is 16.2. The minimum atomic E-state index is -0.801. The van der Waals surface area contributed by atoms with E-state index in [1.165, 1.54) is 17.8 Å². The lowest BCUT2D eigenvalue weighted by Gasteiger charge is -2.38. The number of halogens is 2. The highest BCUT2D eigenvalue weighted by Crippen LogP contribution is 2.56. The third kappa shape index (κ3) is 5.11. The molecule has 4 heterocycles. The Morgan fingerprint density at radius 1 is 1.15 bits per heavy atom. The molecule has 2 saturated heterocycles. The first-order chi connectivity index (χ1) is 22.0. The Bertz CT molecular complexity index is 1640. The predicted octanol–water partition coefficient (Wildman–Crippen LogP) is 6.07. The monoisotopic (exact) mass is 665 g/mol. The van der Waals surface area contributed by atoms with Crippen molar-refractivity contribution in [3.63, 3.8) is 0 Å². The van der Waals surface area contributed by atoms with Gasteiger partial charge < -0.3 is 24.8 Å². The van der Waals surface area contributed by atoms with Gasteiger partial charge in [0.05, 0.1) is 18.2 Å². The Hall–Kier alpha value is -3.08. The van der Waals surface area contributed by atoms with Gasteiger partial charge in [0, 0.05) is 36.9 Å². The van der Waals surface area contributed by atoms with Gasteiger partial charge in [0.15, 0.2) is 5.17 Å². The van der Waals surface area contributed by atoms with Gasteiger partial charge in [0.2, 0.25) is 5.91 Å². The average molecular weight is 666 g/mol. The molecule has 2 amide bonds. The van der Waals surface area contributed by atoms with Crippen LogP contribution < -0.4 is 10.1 Å². The molecule has 1 spiro atoms. The van der Waals surface area contributed by atoms with Gasteiger partial charge in [-0.3, -0.25) is 9.59 Å². The van der Waals surface area contributed by atoms with Gasteiger partial charge in [0.1, 0.15) is 28.1 Å².